The van der Waals surface area contributed by atoms with Crippen LogP contribution >= 0.6 is 23.2 Å². The normalized spacial score (nSPS) is 10.4. The summed E-state index contributed by atoms with van der Waals surface area (Å²) in [5, 5.41) is 4.20. The first-order valence-electron chi connectivity index (χ1n) is 4.60. The van der Waals surface area contributed by atoms with Gasteiger partial charge >= 0.3 is 0 Å². The molecule has 82 valence electrons. The Bertz CT molecular complexity index is 531. The lowest BCUT2D eigenvalue weighted by atomic mass is 10.3. The van der Waals surface area contributed by atoms with Gasteiger partial charge in [0.2, 0.25) is 0 Å². The number of aryl methyl sites for hydroxylation is 1. The number of benzene rings is 1. The van der Waals surface area contributed by atoms with E-state index in [-0.39, 0.29) is 5.69 Å². The van der Waals surface area contributed by atoms with Crippen LogP contribution in [0.25, 0.3) is 5.69 Å². The summed E-state index contributed by atoms with van der Waals surface area (Å²) in [6.45, 7) is 1.85. The van der Waals surface area contributed by atoms with E-state index in [0.717, 1.165) is 11.4 Å². The zero-order chi connectivity index (χ0) is 11.7. The van der Waals surface area contributed by atoms with Crippen molar-refractivity contribution in [3.8, 4) is 5.69 Å². The lowest BCUT2D eigenvalue weighted by Crippen LogP contribution is -1.99. The van der Waals surface area contributed by atoms with Crippen molar-refractivity contribution in [2.75, 3.05) is 0 Å². The summed E-state index contributed by atoms with van der Waals surface area (Å²) in [6.07, 6.45) is 0. The van der Waals surface area contributed by atoms with Crippen molar-refractivity contribution in [3.05, 3.63) is 46.7 Å². The molecule has 0 aliphatic carbocycles. The first-order valence-corrected chi connectivity index (χ1v) is 5.36. The first-order chi connectivity index (χ1) is 7.58. The number of halogens is 2. The Morgan fingerprint density at radius 3 is 2.44 bits per heavy atom. The van der Waals surface area contributed by atoms with Crippen LogP contribution in [-0.4, -0.2) is 15.0 Å². The molecule has 0 amide bonds. The van der Waals surface area contributed by atoms with E-state index in [0.29, 0.717) is 5.02 Å². The van der Waals surface area contributed by atoms with Crippen LogP contribution in [0.4, 0.5) is 0 Å². The highest BCUT2D eigenvalue weighted by molar-refractivity contribution is 6.67. The van der Waals surface area contributed by atoms with Gasteiger partial charge in [-0.1, -0.05) is 11.6 Å². The van der Waals surface area contributed by atoms with E-state index in [1.807, 2.05) is 19.1 Å². The van der Waals surface area contributed by atoms with Gasteiger partial charge in [0.15, 0.2) is 0 Å². The Hall–Kier alpha value is -1.32. The standard InChI is InChI=1S/C11H8Cl2N2O/c1-7-6-10(11(13)16)14-15(7)9-4-2-8(12)3-5-9/h2-6H,1H3. The molecule has 16 heavy (non-hydrogen) atoms. The average molecular weight is 255 g/mol. The highest BCUT2D eigenvalue weighted by Crippen LogP contribution is 2.16. The number of carbonyl (C=O) groups is 1. The zero-order valence-corrected chi connectivity index (χ0v) is 9.96. The molecule has 3 nitrogen and oxygen atoms in total. The van der Waals surface area contributed by atoms with Crippen molar-refractivity contribution < 1.29 is 4.79 Å². The molecule has 0 saturated carbocycles. The Kier molecular flexibility index (Phi) is 2.99. The quantitative estimate of drug-likeness (QED) is 0.772. The predicted octanol–water partition coefficient (Wildman–Crippen LogP) is 3.21. The molecule has 0 saturated heterocycles. The van der Waals surface area contributed by atoms with Gasteiger partial charge in [-0.15, -0.1) is 0 Å². The Morgan fingerprint density at radius 2 is 1.94 bits per heavy atom. The van der Waals surface area contributed by atoms with Crippen LogP contribution in [-0.2, 0) is 0 Å². The maximum atomic E-state index is 11.0. The molecule has 1 heterocycles. The third-order valence-corrected chi connectivity index (χ3v) is 2.61. The van der Waals surface area contributed by atoms with Crippen molar-refractivity contribution in [1.29, 1.82) is 0 Å². The Labute approximate surface area is 103 Å². The summed E-state index contributed by atoms with van der Waals surface area (Å²) < 4.78 is 1.64. The van der Waals surface area contributed by atoms with Crippen molar-refractivity contribution in [2.45, 2.75) is 6.92 Å². The number of rotatable bonds is 2. The van der Waals surface area contributed by atoms with Gasteiger partial charge in [-0.2, -0.15) is 5.10 Å². The molecular weight excluding hydrogens is 247 g/mol. The maximum absolute atomic E-state index is 11.0. The average Bonchev–Trinajstić information content (AvgIpc) is 2.62. The van der Waals surface area contributed by atoms with Crippen LogP contribution in [0.2, 0.25) is 5.02 Å². The number of carbonyl (C=O) groups excluding carboxylic acids is 1. The highest BCUT2D eigenvalue weighted by atomic mass is 35.5. The number of hydrogen-bond donors (Lipinski definition) is 0. The zero-order valence-electron chi connectivity index (χ0n) is 8.45. The third-order valence-electron chi connectivity index (χ3n) is 2.16. The topological polar surface area (TPSA) is 34.9 Å². The van der Waals surface area contributed by atoms with Gasteiger partial charge in [-0.25, -0.2) is 4.68 Å². The van der Waals surface area contributed by atoms with Gasteiger partial charge in [0, 0.05) is 10.7 Å². The second-order valence-electron chi connectivity index (χ2n) is 3.33. The van der Waals surface area contributed by atoms with E-state index in [1.54, 1.807) is 22.9 Å². The molecule has 2 rings (SSSR count). The van der Waals surface area contributed by atoms with E-state index in [1.165, 1.54) is 0 Å². The van der Waals surface area contributed by atoms with Crippen molar-refractivity contribution in [2.24, 2.45) is 0 Å². The molecule has 0 N–H and O–H groups in total. The van der Waals surface area contributed by atoms with E-state index in [9.17, 15) is 4.79 Å². The van der Waals surface area contributed by atoms with Crippen molar-refractivity contribution >= 4 is 28.4 Å². The van der Waals surface area contributed by atoms with Crippen molar-refractivity contribution in [1.82, 2.24) is 9.78 Å². The predicted molar refractivity (Wildman–Crippen MR) is 63.5 cm³/mol. The fourth-order valence-corrected chi connectivity index (χ4v) is 1.63. The molecule has 1 aromatic heterocycles. The summed E-state index contributed by atoms with van der Waals surface area (Å²) in [5.74, 6) is 0. The second-order valence-corrected chi connectivity index (χ2v) is 4.11. The van der Waals surface area contributed by atoms with E-state index >= 15 is 0 Å². The van der Waals surface area contributed by atoms with E-state index in [4.69, 9.17) is 23.2 Å². The molecular formula is C11H8Cl2N2O. The smallest absolute Gasteiger partial charge is 0.272 e. The highest BCUT2D eigenvalue weighted by Gasteiger charge is 2.10. The number of aromatic nitrogens is 2. The summed E-state index contributed by atoms with van der Waals surface area (Å²) >= 11 is 11.2. The van der Waals surface area contributed by atoms with Gasteiger partial charge in [-0.05, 0) is 48.9 Å². The van der Waals surface area contributed by atoms with Gasteiger partial charge in [0.05, 0.1) is 5.69 Å². The number of nitrogens with zero attached hydrogens (tertiary/aromatic N) is 2. The molecule has 0 spiro atoms. The summed E-state index contributed by atoms with van der Waals surface area (Å²) in [6, 6.07) is 8.82. The fourth-order valence-electron chi connectivity index (χ4n) is 1.41. The molecule has 0 aliphatic heterocycles. The van der Waals surface area contributed by atoms with Crippen LogP contribution in [0.5, 0.6) is 0 Å². The Morgan fingerprint density at radius 1 is 1.31 bits per heavy atom. The van der Waals surface area contributed by atoms with E-state index < -0.39 is 5.24 Å². The van der Waals surface area contributed by atoms with Gasteiger partial charge in [0.25, 0.3) is 5.24 Å². The Balaban J connectivity index is 2.47. The molecule has 0 bridgehead atoms. The SMILES string of the molecule is Cc1cc(C(=O)Cl)nn1-c1ccc(Cl)cc1. The lowest BCUT2D eigenvalue weighted by molar-refractivity contribution is 0.107. The molecule has 0 atom stereocenters. The summed E-state index contributed by atoms with van der Waals surface area (Å²) in [5.41, 5.74) is 1.92. The van der Waals surface area contributed by atoms with E-state index in [2.05, 4.69) is 5.10 Å². The summed E-state index contributed by atoms with van der Waals surface area (Å²) in [7, 11) is 0. The summed E-state index contributed by atoms with van der Waals surface area (Å²) in [4.78, 5) is 11.0. The molecule has 0 fully saturated rings. The minimum Gasteiger partial charge on any atom is -0.274 e. The lowest BCUT2D eigenvalue weighted by Gasteiger charge is -2.03. The maximum Gasteiger partial charge on any atom is 0.272 e. The molecule has 5 heteroatoms. The molecule has 1 aromatic carbocycles. The third kappa shape index (κ3) is 2.10. The minimum atomic E-state index is -0.559. The first kappa shape index (κ1) is 11.2. The van der Waals surface area contributed by atoms with Gasteiger partial charge < -0.3 is 0 Å². The van der Waals surface area contributed by atoms with Gasteiger partial charge in [-0.3, -0.25) is 4.79 Å². The van der Waals surface area contributed by atoms with Crippen LogP contribution in [0.3, 0.4) is 0 Å². The molecule has 2 aromatic rings. The minimum absolute atomic E-state index is 0.245. The van der Waals surface area contributed by atoms with Crippen LogP contribution < -0.4 is 0 Å². The molecule has 0 aliphatic rings. The van der Waals surface area contributed by atoms with Crippen LogP contribution in [0, 0.1) is 6.92 Å². The van der Waals surface area contributed by atoms with Crippen LogP contribution in [0.1, 0.15) is 16.2 Å². The van der Waals surface area contributed by atoms with Crippen molar-refractivity contribution in [3.63, 3.8) is 0 Å². The molecule has 0 radical (unpaired) electrons. The largest absolute Gasteiger partial charge is 0.274 e. The second kappa shape index (κ2) is 4.28. The number of hydrogen-bond acceptors (Lipinski definition) is 2. The fraction of sp³-hybridized carbons (Fsp3) is 0.0909. The molecule has 0 unspecified atom stereocenters. The monoisotopic (exact) mass is 254 g/mol. The van der Waals surface area contributed by atoms with Crippen LogP contribution in [0.15, 0.2) is 30.3 Å². The van der Waals surface area contributed by atoms with Gasteiger partial charge in [0.1, 0.15) is 5.69 Å².